The minimum absolute atomic E-state index is 0.447. The van der Waals surface area contributed by atoms with Crippen molar-refractivity contribution in [2.75, 3.05) is 5.73 Å². The van der Waals surface area contributed by atoms with E-state index in [4.69, 9.17) is 5.73 Å². The number of nitrogens with two attached hydrogens (primary N) is 1. The molecule has 13 heavy (non-hydrogen) atoms. The van der Waals surface area contributed by atoms with Gasteiger partial charge >= 0.3 is 0 Å². The summed E-state index contributed by atoms with van der Waals surface area (Å²) in [6.45, 7) is 9.38. The van der Waals surface area contributed by atoms with Gasteiger partial charge in [-0.2, -0.15) is 0 Å². The predicted molar refractivity (Wildman–Crippen MR) is 55.8 cm³/mol. The zero-order valence-corrected chi connectivity index (χ0v) is 8.96. The van der Waals surface area contributed by atoms with E-state index in [0.717, 1.165) is 30.3 Å². The number of rotatable bonds is 3. The standard InChI is InChI=1S/C10H19N3/c1-5-6-13-9(11)8(4)12-10(13)7(2)3/h7H,5-6,11H2,1-4H3. The molecule has 0 aliphatic rings. The van der Waals surface area contributed by atoms with E-state index < -0.39 is 0 Å². The highest BCUT2D eigenvalue weighted by molar-refractivity contribution is 5.37. The molecular weight excluding hydrogens is 162 g/mol. The van der Waals surface area contributed by atoms with E-state index in [1.165, 1.54) is 0 Å². The van der Waals surface area contributed by atoms with Crippen molar-refractivity contribution in [3.63, 3.8) is 0 Å². The van der Waals surface area contributed by atoms with Gasteiger partial charge in [-0.1, -0.05) is 20.8 Å². The molecule has 3 heteroatoms. The Labute approximate surface area is 80.0 Å². The van der Waals surface area contributed by atoms with Gasteiger partial charge in [0.2, 0.25) is 0 Å². The molecule has 0 radical (unpaired) electrons. The first-order valence-corrected chi connectivity index (χ1v) is 4.90. The second-order valence-corrected chi connectivity index (χ2v) is 3.75. The Morgan fingerprint density at radius 1 is 1.46 bits per heavy atom. The van der Waals surface area contributed by atoms with Gasteiger partial charge < -0.3 is 10.3 Å². The van der Waals surface area contributed by atoms with Crippen LogP contribution in [0.3, 0.4) is 0 Å². The molecule has 0 amide bonds. The van der Waals surface area contributed by atoms with Gasteiger partial charge in [-0.15, -0.1) is 0 Å². The van der Waals surface area contributed by atoms with Crippen molar-refractivity contribution in [3.8, 4) is 0 Å². The van der Waals surface area contributed by atoms with Gasteiger partial charge in [0, 0.05) is 12.5 Å². The van der Waals surface area contributed by atoms with Crippen LogP contribution in [0, 0.1) is 6.92 Å². The summed E-state index contributed by atoms with van der Waals surface area (Å²) < 4.78 is 2.12. The molecule has 0 aromatic carbocycles. The van der Waals surface area contributed by atoms with Gasteiger partial charge in [-0.05, 0) is 13.3 Å². The molecule has 1 rings (SSSR count). The summed E-state index contributed by atoms with van der Waals surface area (Å²) in [4.78, 5) is 4.47. The monoisotopic (exact) mass is 181 g/mol. The zero-order valence-electron chi connectivity index (χ0n) is 8.96. The highest BCUT2D eigenvalue weighted by atomic mass is 15.1. The fraction of sp³-hybridized carbons (Fsp3) is 0.700. The average Bonchev–Trinajstić information content (AvgIpc) is 2.33. The van der Waals surface area contributed by atoms with Crippen LogP contribution in [0.25, 0.3) is 0 Å². The number of aromatic nitrogens is 2. The molecule has 3 nitrogen and oxygen atoms in total. The highest BCUT2D eigenvalue weighted by Crippen LogP contribution is 2.20. The Morgan fingerprint density at radius 2 is 2.08 bits per heavy atom. The van der Waals surface area contributed by atoms with E-state index in [1.807, 2.05) is 6.92 Å². The number of hydrogen-bond acceptors (Lipinski definition) is 2. The van der Waals surface area contributed by atoms with Crippen molar-refractivity contribution in [3.05, 3.63) is 11.5 Å². The van der Waals surface area contributed by atoms with Crippen LogP contribution < -0.4 is 5.73 Å². The minimum atomic E-state index is 0.447. The molecular formula is C10H19N3. The number of nitrogen functional groups attached to an aromatic ring is 1. The lowest BCUT2D eigenvalue weighted by Gasteiger charge is -2.10. The number of hydrogen-bond donors (Lipinski definition) is 1. The lowest BCUT2D eigenvalue weighted by molar-refractivity contribution is 0.616. The van der Waals surface area contributed by atoms with Crippen molar-refractivity contribution in [1.29, 1.82) is 0 Å². The molecule has 0 unspecified atom stereocenters. The smallest absolute Gasteiger partial charge is 0.126 e. The molecule has 0 aliphatic carbocycles. The van der Waals surface area contributed by atoms with Crippen molar-refractivity contribution in [1.82, 2.24) is 9.55 Å². The maximum atomic E-state index is 5.93. The largest absolute Gasteiger partial charge is 0.384 e. The minimum Gasteiger partial charge on any atom is -0.384 e. The molecule has 0 spiro atoms. The fourth-order valence-corrected chi connectivity index (χ4v) is 1.51. The second kappa shape index (κ2) is 3.81. The van der Waals surface area contributed by atoms with Crippen LogP contribution >= 0.6 is 0 Å². The first-order valence-electron chi connectivity index (χ1n) is 4.90. The van der Waals surface area contributed by atoms with Gasteiger partial charge in [-0.3, -0.25) is 0 Å². The first-order chi connectivity index (χ1) is 6.07. The highest BCUT2D eigenvalue weighted by Gasteiger charge is 2.13. The molecule has 0 atom stereocenters. The molecule has 1 heterocycles. The van der Waals surface area contributed by atoms with E-state index in [2.05, 4.69) is 30.3 Å². The number of imidazole rings is 1. The SMILES string of the molecule is CCCn1c(C(C)C)nc(C)c1N. The molecule has 0 saturated carbocycles. The van der Waals surface area contributed by atoms with Gasteiger partial charge in [0.05, 0.1) is 5.69 Å². The fourth-order valence-electron chi connectivity index (χ4n) is 1.51. The summed E-state index contributed by atoms with van der Waals surface area (Å²) in [5.41, 5.74) is 6.88. The van der Waals surface area contributed by atoms with E-state index in [0.29, 0.717) is 5.92 Å². The molecule has 74 valence electrons. The zero-order chi connectivity index (χ0) is 10.0. The molecule has 0 aliphatic heterocycles. The van der Waals surface area contributed by atoms with Crippen LogP contribution in [0.5, 0.6) is 0 Å². The van der Waals surface area contributed by atoms with Crippen LogP contribution in [-0.2, 0) is 6.54 Å². The van der Waals surface area contributed by atoms with Gasteiger partial charge in [0.1, 0.15) is 11.6 Å². The Balaban J connectivity index is 3.11. The predicted octanol–water partition coefficient (Wildman–Crippen LogP) is 2.31. The van der Waals surface area contributed by atoms with Crippen LogP contribution in [0.15, 0.2) is 0 Å². The van der Waals surface area contributed by atoms with Gasteiger partial charge in [0.15, 0.2) is 0 Å². The van der Waals surface area contributed by atoms with Crippen molar-refractivity contribution in [2.24, 2.45) is 0 Å². The molecule has 2 N–H and O–H groups in total. The summed E-state index contributed by atoms with van der Waals surface area (Å²) in [7, 11) is 0. The Morgan fingerprint density at radius 3 is 2.54 bits per heavy atom. The molecule has 0 bridgehead atoms. The van der Waals surface area contributed by atoms with Crippen LogP contribution in [0.2, 0.25) is 0 Å². The van der Waals surface area contributed by atoms with Crippen molar-refractivity contribution >= 4 is 5.82 Å². The van der Waals surface area contributed by atoms with Crippen molar-refractivity contribution in [2.45, 2.75) is 46.6 Å². The summed E-state index contributed by atoms with van der Waals surface area (Å²) in [6.07, 6.45) is 1.10. The molecule has 1 aromatic heterocycles. The third-order valence-electron chi connectivity index (χ3n) is 2.18. The third kappa shape index (κ3) is 1.85. The van der Waals surface area contributed by atoms with Crippen LogP contribution in [0.4, 0.5) is 5.82 Å². The maximum absolute atomic E-state index is 5.93. The molecule has 0 saturated heterocycles. The van der Waals surface area contributed by atoms with Crippen LogP contribution in [0.1, 0.15) is 44.6 Å². The second-order valence-electron chi connectivity index (χ2n) is 3.75. The summed E-state index contributed by atoms with van der Waals surface area (Å²) >= 11 is 0. The third-order valence-corrected chi connectivity index (χ3v) is 2.18. The maximum Gasteiger partial charge on any atom is 0.126 e. The molecule has 1 aromatic rings. The molecule has 0 fully saturated rings. The van der Waals surface area contributed by atoms with Gasteiger partial charge in [0.25, 0.3) is 0 Å². The van der Waals surface area contributed by atoms with E-state index >= 15 is 0 Å². The van der Waals surface area contributed by atoms with E-state index in [-0.39, 0.29) is 0 Å². The van der Waals surface area contributed by atoms with E-state index in [9.17, 15) is 0 Å². The summed E-state index contributed by atoms with van der Waals surface area (Å²) in [5.74, 6) is 2.38. The summed E-state index contributed by atoms with van der Waals surface area (Å²) in [6, 6.07) is 0. The normalized spacial score (nSPS) is 11.2. The van der Waals surface area contributed by atoms with Gasteiger partial charge in [-0.25, -0.2) is 4.98 Å². The Bertz CT molecular complexity index is 287. The Hall–Kier alpha value is -0.990. The average molecular weight is 181 g/mol. The van der Waals surface area contributed by atoms with E-state index in [1.54, 1.807) is 0 Å². The first kappa shape index (κ1) is 10.1. The summed E-state index contributed by atoms with van der Waals surface area (Å²) in [5, 5.41) is 0. The topological polar surface area (TPSA) is 43.8 Å². The number of nitrogens with zero attached hydrogens (tertiary/aromatic N) is 2. The number of aryl methyl sites for hydroxylation is 1. The lowest BCUT2D eigenvalue weighted by Crippen LogP contribution is -2.08. The Kier molecular flexibility index (Phi) is 2.96. The lowest BCUT2D eigenvalue weighted by atomic mass is 10.2. The van der Waals surface area contributed by atoms with Crippen LogP contribution in [-0.4, -0.2) is 9.55 Å². The number of anilines is 1. The quantitative estimate of drug-likeness (QED) is 0.777. The van der Waals surface area contributed by atoms with Crippen molar-refractivity contribution < 1.29 is 0 Å².